The van der Waals surface area contributed by atoms with Crippen LogP contribution in [0.2, 0.25) is 0 Å². The van der Waals surface area contributed by atoms with E-state index in [1.54, 1.807) is 0 Å². The van der Waals surface area contributed by atoms with Crippen molar-refractivity contribution in [1.29, 1.82) is 0 Å². The van der Waals surface area contributed by atoms with Gasteiger partial charge in [0.1, 0.15) is 5.60 Å². The predicted octanol–water partition coefficient (Wildman–Crippen LogP) is 2.12. The van der Waals surface area contributed by atoms with Crippen molar-refractivity contribution in [1.82, 2.24) is 5.32 Å². The molecule has 0 aliphatic heterocycles. The van der Waals surface area contributed by atoms with E-state index in [1.165, 1.54) is 0 Å². The number of aliphatic hydroxyl groups is 1. The maximum Gasteiger partial charge on any atom is 0.407 e. The van der Waals surface area contributed by atoms with Gasteiger partial charge < -0.3 is 20.5 Å². The highest BCUT2D eigenvalue weighted by molar-refractivity contribution is 5.67. The number of hydrogen-bond donors (Lipinski definition) is 3. The molecule has 0 radical (unpaired) electrons. The summed E-state index contributed by atoms with van der Waals surface area (Å²) in [5.41, 5.74) is 1.35. The van der Waals surface area contributed by atoms with Gasteiger partial charge in [0.25, 0.3) is 0 Å². The number of carbonyl (C=O) groups excluding carboxylic acids is 1. The molecule has 0 atom stereocenters. The van der Waals surface area contributed by atoms with Gasteiger partial charge in [0.15, 0.2) is 0 Å². The molecular formula is C14H22N2O3. The van der Waals surface area contributed by atoms with Crippen LogP contribution in [0.3, 0.4) is 0 Å². The topological polar surface area (TPSA) is 70.6 Å². The first-order chi connectivity index (χ1) is 8.90. The van der Waals surface area contributed by atoms with Gasteiger partial charge in [0.2, 0.25) is 0 Å². The molecule has 0 heterocycles. The van der Waals surface area contributed by atoms with Crippen LogP contribution in [0.15, 0.2) is 24.3 Å². The van der Waals surface area contributed by atoms with Crippen molar-refractivity contribution in [2.75, 3.05) is 18.4 Å². The van der Waals surface area contributed by atoms with Crippen molar-refractivity contribution < 1.29 is 14.6 Å². The first-order valence-corrected chi connectivity index (χ1v) is 6.31. The third-order valence-corrected chi connectivity index (χ3v) is 2.26. The number of alkyl carbamates (subject to hydrolysis) is 1. The Bertz CT molecular complexity index is 396. The van der Waals surface area contributed by atoms with E-state index in [-0.39, 0.29) is 6.61 Å². The molecule has 0 aliphatic rings. The summed E-state index contributed by atoms with van der Waals surface area (Å²) in [5, 5.41) is 14.7. The minimum Gasteiger partial charge on any atom is -0.444 e. The maximum atomic E-state index is 11.4. The molecule has 1 amide bonds. The van der Waals surface area contributed by atoms with E-state index in [4.69, 9.17) is 9.84 Å². The summed E-state index contributed by atoms with van der Waals surface area (Å²) in [6.07, 6.45) is -0.412. The molecule has 106 valence electrons. The molecule has 0 saturated carbocycles. The molecule has 0 aromatic heterocycles. The fourth-order valence-electron chi connectivity index (χ4n) is 1.41. The Labute approximate surface area is 114 Å². The molecule has 5 nitrogen and oxygen atoms in total. The van der Waals surface area contributed by atoms with Crippen molar-refractivity contribution in [3.8, 4) is 0 Å². The van der Waals surface area contributed by atoms with Crippen LogP contribution in [0.1, 0.15) is 26.3 Å². The maximum absolute atomic E-state index is 11.4. The van der Waals surface area contributed by atoms with Gasteiger partial charge in [-0.3, -0.25) is 0 Å². The van der Waals surface area contributed by atoms with Crippen LogP contribution in [0.25, 0.3) is 0 Å². The van der Waals surface area contributed by atoms with E-state index in [2.05, 4.69) is 10.6 Å². The molecule has 1 rings (SSSR count). The molecule has 1 aromatic rings. The fourth-order valence-corrected chi connectivity index (χ4v) is 1.41. The summed E-state index contributed by atoms with van der Waals surface area (Å²) in [6, 6.07) is 7.48. The minimum absolute atomic E-state index is 0.0421. The fraction of sp³-hybridized carbons (Fsp3) is 0.500. The van der Waals surface area contributed by atoms with Crippen LogP contribution in [0, 0.1) is 0 Å². The zero-order chi connectivity index (χ0) is 14.3. The van der Waals surface area contributed by atoms with Crippen molar-refractivity contribution in [2.24, 2.45) is 0 Å². The summed E-state index contributed by atoms with van der Waals surface area (Å²) in [7, 11) is 0. The summed E-state index contributed by atoms with van der Waals surface area (Å²) in [6.45, 7) is 6.61. The molecule has 1 aromatic carbocycles. The molecule has 0 saturated heterocycles. The van der Waals surface area contributed by atoms with Crippen LogP contribution in [0.5, 0.6) is 0 Å². The third-order valence-electron chi connectivity index (χ3n) is 2.26. The molecular weight excluding hydrogens is 244 g/mol. The minimum atomic E-state index is -0.475. The Kier molecular flexibility index (Phi) is 5.63. The Hall–Kier alpha value is -1.75. The first-order valence-electron chi connectivity index (χ1n) is 6.31. The van der Waals surface area contributed by atoms with Crippen LogP contribution in [0.4, 0.5) is 10.5 Å². The van der Waals surface area contributed by atoms with Crippen LogP contribution < -0.4 is 10.6 Å². The number of hydrogen-bond acceptors (Lipinski definition) is 4. The van der Waals surface area contributed by atoms with E-state index < -0.39 is 11.7 Å². The smallest absolute Gasteiger partial charge is 0.407 e. The Morgan fingerprint density at radius 2 is 1.84 bits per heavy atom. The second kappa shape index (κ2) is 6.99. The van der Waals surface area contributed by atoms with Gasteiger partial charge in [-0.15, -0.1) is 0 Å². The number of carbonyl (C=O) groups is 1. The summed E-state index contributed by atoms with van der Waals surface area (Å²) >= 11 is 0. The number of amides is 1. The van der Waals surface area contributed by atoms with Crippen molar-refractivity contribution in [3.05, 3.63) is 29.8 Å². The van der Waals surface area contributed by atoms with Gasteiger partial charge in [-0.1, -0.05) is 12.1 Å². The SMILES string of the molecule is CC(C)(C)OC(=O)NCCNc1ccc(CO)cc1. The Morgan fingerprint density at radius 1 is 1.21 bits per heavy atom. The van der Waals surface area contributed by atoms with Gasteiger partial charge in [0.05, 0.1) is 6.61 Å². The van der Waals surface area contributed by atoms with Gasteiger partial charge in [-0.25, -0.2) is 4.79 Å². The lowest BCUT2D eigenvalue weighted by molar-refractivity contribution is 0.0530. The molecule has 0 unspecified atom stereocenters. The number of anilines is 1. The Balaban J connectivity index is 2.21. The summed E-state index contributed by atoms with van der Waals surface area (Å²) in [5.74, 6) is 0. The largest absolute Gasteiger partial charge is 0.444 e. The lowest BCUT2D eigenvalue weighted by Gasteiger charge is -2.19. The number of rotatable bonds is 5. The van der Waals surface area contributed by atoms with E-state index in [9.17, 15) is 4.79 Å². The molecule has 3 N–H and O–H groups in total. The summed E-state index contributed by atoms with van der Waals surface area (Å²) in [4.78, 5) is 11.4. The van der Waals surface area contributed by atoms with Crippen LogP contribution in [-0.2, 0) is 11.3 Å². The standard InChI is InChI=1S/C14H22N2O3/c1-14(2,3)19-13(18)16-9-8-15-12-6-4-11(10-17)5-7-12/h4-7,15,17H,8-10H2,1-3H3,(H,16,18). The molecule has 5 heteroatoms. The van der Waals surface area contributed by atoms with Gasteiger partial charge >= 0.3 is 6.09 Å². The van der Waals surface area contributed by atoms with Gasteiger partial charge in [0, 0.05) is 18.8 Å². The summed E-state index contributed by atoms with van der Waals surface area (Å²) < 4.78 is 5.11. The van der Waals surface area contributed by atoms with E-state index in [0.717, 1.165) is 11.3 Å². The van der Waals surface area contributed by atoms with Crippen molar-refractivity contribution in [3.63, 3.8) is 0 Å². The Morgan fingerprint density at radius 3 is 2.37 bits per heavy atom. The predicted molar refractivity (Wildman–Crippen MR) is 75.1 cm³/mol. The normalized spacial score (nSPS) is 10.9. The highest BCUT2D eigenvalue weighted by Crippen LogP contribution is 2.09. The first kappa shape index (κ1) is 15.3. The third kappa shape index (κ3) is 6.67. The highest BCUT2D eigenvalue weighted by Gasteiger charge is 2.15. The monoisotopic (exact) mass is 266 g/mol. The van der Waals surface area contributed by atoms with E-state index >= 15 is 0 Å². The van der Waals surface area contributed by atoms with E-state index in [0.29, 0.717) is 13.1 Å². The van der Waals surface area contributed by atoms with Crippen LogP contribution in [-0.4, -0.2) is 29.9 Å². The second-order valence-corrected chi connectivity index (χ2v) is 5.21. The van der Waals surface area contributed by atoms with Crippen LogP contribution >= 0.6 is 0 Å². The lowest BCUT2D eigenvalue weighted by Crippen LogP contribution is -2.34. The number of aliphatic hydroxyl groups excluding tert-OH is 1. The van der Waals surface area contributed by atoms with Crippen molar-refractivity contribution >= 4 is 11.8 Å². The average Bonchev–Trinajstić information content (AvgIpc) is 2.33. The molecule has 0 spiro atoms. The molecule has 0 aliphatic carbocycles. The van der Waals surface area contributed by atoms with Crippen molar-refractivity contribution in [2.45, 2.75) is 33.0 Å². The number of nitrogens with one attached hydrogen (secondary N) is 2. The zero-order valence-corrected chi connectivity index (χ0v) is 11.7. The highest BCUT2D eigenvalue weighted by atomic mass is 16.6. The number of ether oxygens (including phenoxy) is 1. The lowest BCUT2D eigenvalue weighted by atomic mass is 10.2. The zero-order valence-electron chi connectivity index (χ0n) is 11.7. The van der Waals surface area contributed by atoms with E-state index in [1.807, 2.05) is 45.0 Å². The van der Waals surface area contributed by atoms with Gasteiger partial charge in [-0.05, 0) is 38.5 Å². The average molecular weight is 266 g/mol. The molecule has 0 fully saturated rings. The molecule has 0 bridgehead atoms. The number of benzene rings is 1. The molecule has 19 heavy (non-hydrogen) atoms. The van der Waals surface area contributed by atoms with Gasteiger partial charge in [-0.2, -0.15) is 0 Å². The quantitative estimate of drug-likeness (QED) is 0.714. The second-order valence-electron chi connectivity index (χ2n) is 5.21.